The molecule has 0 saturated carbocycles. The fourth-order valence-electron chi connectivity index (χ4n) is 2.78. The molecule has 1 aromatic carbocycles. The van der Waals surface area contributed by atoms with Crippen LogP contribution in [0.1, 0.15) is 70.3 Å². The van der Waals surface area contributed by atoms with Gasteiger partial charge in [-0.25, -0.2) is 0 Å². The Morgan fingerprint density at radius 1 is 0.750 bits per heavy atom. The van der Waals surface area contributed by atoms with Crippen LogP contribution in [-0.4, -0.2) is 14.1 Å². The molecule has 1 rings (SSSR count). The van der Waals surface area contributed by atoms with Crippen LogP contribution in [0.3, 0.4) is 0 Å². The van der Waals surface area contributed by atoms with E-state index in [1.807, 2.05) is 0 Å². The van der Waals surface area contributed by atoms with Crippen molar-refractivity contribution in [2.75, 3.05) is 19.0 Å². The molecule has 0 bridgehead atoms. The van der Waals surface area contributed by atoms with Gasteiger partial charge in [0, 0.05) is 19.8 Å². The highest BCUT2D eigenvalue weighted by atomic mass is 15.1. The summed E-state index contributed by atoms with van der Waals surface area (Å²) < 4.78 is 0. The molecule has 1 nitrogen and oxygen atoms in total. The lowest BCUT2D eigenvalue weighted by atomic mass is 10.0. The largest absolute Gasteiger partial charge is 0.377 e. The summed E-state index contributed by atoms with van der Waals surface area (Å²) in [5.74, 6) is 0. The predicted molar refractivity (Wildman–Crippen MR) is 91.7 cm³/mol. The maximum atomic E-state index is 2.28. The first kappa shape index (κ1) is 17.1. The highest BCUT2D eigenvalue weighted by Gasteiger charge is 2.02. The second-order valence-electron chi connectivity index (χ2n) is 6.10. The van der Waals surface area contributed by atoms with Crippen molar-refractivity contribution in [3.8, 4) is 0 Å². The second-order valence-corrected chi connectivity index (χ2v) is 6.10. The number of benzene rings is 1. The van der Waals surface area contributed by atoms with Gasteiger partial charge in [0.15, 0.2) is 0 Å². The van der Waals surface area contributed by atoms with E-state index in [1.165, 1.54) is 75.5 Å². The number of nitrogens with zero attached hydrogens (tertiary/aromatic N) is 1. The lowest BCUT2D eigenvalue weighted by Crippen LogP contribution is -2.11. The minimum Gasteiger partial charge on any atom is -0.377 e. The maximum Gasteiger partial charge on any atom is 0.0393 e. The van der Waals surface area contributed by atoms with E-state index < -0.39 is 0 Å². The molecule has 0 aromatic heterocycles. The summed E-state index contributed by atoms with van der Waals surface area (Å²) in [6, 6.07) is 8.80. The first-order valence-electron chi connectivity index (χ1n) is 8.51. The van der Waals surface area contributed by atoms with E-state index in [0.717, 1.165) is 0 Å². The molecule has 0 atom stereocenters. The van der Waals surface area contributed by atoms with Gasteiger partial charge in [-0.15, -0.1) is 0 Å². The first-order chi connectivity index (χ1) is 9.75. The van der Waals surface area contributed by atoms with Gasteiger partial charge in [0.1, 0.15) is 0 Å². The van der Waals surface area contributed by atoms with E-state index >= 15 is 0 Å². The molecular formula is C19H33N. The molecule has 1 heteroatoms. The lowest BCUT2D eigenvalue weighted by Gasteiger charge is -2.17. The van der Waals surface area contributed by atoms with Crippen molar-refractivity contribution in [3.05, 3.63) is 29.8 Å². The number of para-hydroxylation sites is 1. The average molecular weight is 275 g/mol. The Bertz CT molecular complexity index is 343. The third-order valence-corrected chi connectivity index (χ3v) is 4.02. The molecule has 0 aliphatic heterocycles. The Morgan fingerprint density at radius 2 is 1.30 bits per heavy atom. The molecule has 0 fully saturated rings. The van der Waals surface area contributed by atoms with Crippen LogP contribution in [0.4, 0.5) is 5.69 Å². The number of hydrogen-bond acceptors (Lipinski definition) is 1. The van der Waals surface area contributed by atoms with Crippen LogP contribution < -0.4 is 4.90 Å². The third-order valence-electron chi connectivity index (χ3n) is 4.02. The van der Waals surface area contributed by atoms with Crippen molar-refractivity contribution in [1.82, 2.24) is 0 Å². The van der Waals surface area contributed by atoms with E-state index in [4.69, 9.17) is 0 Å². The Balaban J connectivity index is 2.10. The standard InChI is InChI=1S/C19H33N/c1-4-5-6-7-8-9-10-11-12-15-18-16-13-14-17-19(18)20(2)3/h13-14,16-17H,4-12,15H2,1-3H3. The van der Waals surface area contributed by atoms with Crippen molar-refractivity contribution in [3.63, 3.8) is 0 Å². The van der Waals surface area contributed by atoms with Gasteiger partial charge in [-0.3, -0.25) is 0 Å². The van der Waals surface area contributed by atoms with Crippen LogP contribution in [0.5, 0.6) is 0 Å². The number of anilines is 1. The van der Waals surface area contributed by atoms with Gasteiger partial charge in [-0.1, -0.05) is 76.5 Å². The van der Waals surface area contributed by atoms with Gasteiger partial charge in [-0.05, 0) is 24.5 Å². The second kappa shape index (κ2) is 10.8. The Hall–Kier alpha value is -0.980. The lowest BCUT2D eigenvalue weighted by molar-refractivity contribution is 0.565. The van der Waals surface area contributed by atoms with Gasteiger partial charge < -0.3 is 4.90 Å². The zero-order chi connectivity index (χ0) is 14.6. The Labute approximate surface area is 126 Å². The van der Waals surface area contributed by atoms with Crippen molar-refractivity contribution in [2.45, 2.75) is 71.1 Å². The third kappa shape index (κ3) is 6.98. The average Bonchev–Trinajstić information content (AvgIpc) is 2.46. The number of hydrogen-bond donors (Lipinski definition) is 0. The van der Waals surface area contributed by atoms with E-state index in [2.05, 4.69) is 50.2 Å². The zero-order valence-corrected chi connectivity index (χ0v) is 13.8. The topological polar surface area (TPSA) is 3.24 Å². The van der Waals surface area contributed by atoms with Crippen molar-refractivity contribution >= 4 is 5.69 Å². The number of unbranched alkanes of at least 4 members (excludes halogenated alkanes) is 8. The highest BCUT2D eigenvalue weighted by molar-refractivity contribution is 5.52. The molecule has 0 amide bonds. The van der Waals surface area contributed by atoms with Gasteiger partial charge in [0.05, 0.1) is 0 Å². The summed E-state index contributed by atoms with van der Waals surface area (Å²) in [5.41, 5.74) is 2.88. The maximum absolute atomic E-state index is 2.28. The molecular weight excluding hydrogens is 242 g/mol. The molecule has 0 aliphatic carbocycles. The molecule has 0 unspecified atom stereocenters. The van der Waals surface area contributed by atoms with E-state index in [-0.39, 0.29) is 0 Å². The number of rotatable bonds is 11. The molecule has 0 saturated heterocycles. The van der Waals surface area contributed by atoms with Crippen molar-refractivity contribution in [1.29, 1.82) is 0 Å². The quantitative estimate of drug-likeness (QED) is 0.459. The number of aryl methyl sites for hydroxylation is 1. The summed E-state index contributed by atoms with van der Waals surface area (Å²) in [5, 5.41) is 0. The summed E-state index contributed by atoms with van der Waals surface area (Å²) in [6.45, 7) is 2.28. The van der Waals surface area contributed by atoms with Crippen molar-refractivity contribution < 1.29 is 0 Å². The van der Waals surface area contributed by atoms with Gasteiger partial charge in [0.25, 0.3) is 0 Å². The van der Waals surface area contributed by atoms with Crippen LogP contribution in [0.15, 0.2) is 24.3 Å². The molecule has 0 heterocycles. The van der Waals surface area contributed by atoms with E-state index in [1.54, 1.807) is 0 Å². The van der Waals surface area contributed by atoms with Gasteiger partial charge in [0.2, 0.25) is 0 Å². The first-order valence-corrected chi connectivity index (χ1v) is 8.51. The molecule has 0 aliphatic rings. The summed E-state index contributed by atoms with van der Waals surface area (Å²) in [6.07, 6.45) is 13.9. The molecule has 0 radical (unpaired) electrons. The van der Waals surface area contributed by atoms with Crippen LogP contribution in [0.2, 0.25) is 0 Å². The van der Waals surface area contributed by atoms with Crippen LogP contribution in [0, 0.1) is 0 Å². The fraction of sp³-hybridized carbons (Fsp3) is 0.684. The molecule has 20 heavy (non-hydrogen) atoms. The van der Waals surface area contributed by atoms with E-state index in [9.17, 15) is 0 Å². The summed E-state index contributed by atoms with van der Waals surface area (Å²) >= 11 is 0. The van der Waals surface area contributed by atoms with Crippen LogP contribution >= 0.6 is 0 Å². The SMILES string of the molecule is CCCCCCCCCCCc1ccccc1N(C)C. The highest BCUT2D eigenvalue weighted by Crippen LogP contribution is 2.20. The normalized spacial score (nSPS) is 10.8. The van der Waals surface area contributed by atoms with Crippen molar-refractivity contribution in [2.24, 2.45) is 0 Å². The Morgan fingerprint density at radius 3 is 1.90 bits per heavy atom. The molecule has 114 valence electrons. The summed E-state index contributed by atoms with van der Waals surface area (Å²) in [4.78, 5) is 2.23. The van der Waals surface area contributed by atoms with Gasteiger partial charge >= 0.3 is 0 Å². The minimum atomic E-state index is 1.23. The monoisotopic (exact) mass is 275 g/mol. The van der Waals surface area contributed by atoms with E-state index in [0.29, 0.717) is 0 Å². The van der Waals surface area contributed by atoms with Gasteiger partial charge in [-0.2, -0.15) is 0 Å². The fourth-order valence-corrected chi connectivity index (χ4v) is 2.78. The smallest absolute Gasteiger partial charge is 0.0393 e. The zero-order valence-electron chi connectivity index (χ0n) is 13.8. The molecule has 0 N–H and O–H groups in total. The minimum absolute atomic E-state index is 1.23. The van der Waals surface area contributed by atoms with Crippen LogP contribution in [-0.2, 0) is 6.42 Å². The Kier molecular flexibility index (Phi) is 9.19. The predicted octanol–water partition coefficient (Wildman–Crippen LogP) is 5.83. The molecule has 1 aromatic rings. The molecule has 0 spiro atoms. The van der Waals surface area contributed by atoms with Crippen LogP contribution in [0.25, 0.3) is 0 Å². The summed E-state index contributed by atoms with van der Waals surface area (Å²) in [7, 11) is 4.27.